The zero-order chi connectivity index (χ0) is 14.8. The number of oxazole rings is 1. The van der Waals surface area contributed by atoms with Crippen LogP contribution < -0.4 is 4.90 Å². The predicted molar refractivity (Wildman–Crippen MR) is 82.5 cm³/mol. The lowest BCUT2D eigenvalue weighted by molar-refractivity contribution is 0.0988. The molecule has 4 nitrogen and oxygen atoms in total. The Morgan fingerprint density at radius 3 is 2.67 bits per heavy atom. The van der Waals surface area contributed by atoms with Gasteiger partial charge in [-0.2, -0.15) is 0 Å². The Morgan fingerprint density at radius 2 is 1.95 bits per heavy atom. The summed E-state index contributed by atoms with van der Waals surface area (Å²) in [6.45, 7) is 4.36. The molecule has 1 aromatic heterocycles. The molecule has 1 heterocycles. The normalized spacial score (nSPS) is 10.8. The summed E-state index contributed by atoms with van der Waals surface area (Å²) in [5, 5.41) is 0. The van der Waals surface area contributed by atoms with Gasteiger partial charge < -0.3 is 9.32 Å². The smallest absolute Gasteiger partial charge is 0.258 e. The molecule has 21 heavy (non-hydrogen) atoms. The lowest BCUT2D eigenvalue weighted by atomic mass is 10.1. The second-order valence-electron chi connectivity index (χ2n) is 4.80. The molecule has 0 spiro atoms. The van der Waals surface area contributed by atoms with E-state index >= 15 is 0 Å². The number of fused-ring (bicyclic) bond motifs is 1. The number of aromatic nitrogens is 1. The molecule has 0 fully saturated rings. The van der Waals surface area contributed by atoms with Crippen LogP contribution in [0.15, 0.2) is 52.9 Å². The molecule has 3 rings (SSSR count). The lowest BCUT2D eigenvalue weighted by Gasteiger charge is -2.21. The molecule has 106 valence electrons. The monoisotopic (exact) mass is 280 g/mol. The molecule has 2 aromatic carbocycles. The van der Waals surface area contributed by atoms with Crippen LogP contribution in [-0.4, -0.2) is 17.4 Å². The molecule has 1 amide bonds. The van der Waals surface area contributed by atoms with Crippen LogP contribution in [0.2, 0.25) is 0 Å². The number of para-hydroxylation sites is 1. The molecule has 0 aliphatic carbocycles. The van der Waals surface area contributed by atoms with Gasteiger partial charge in [0.1, 0.15) is 5.52 Å². The number of anilines is 1. The molecule has 4 heteroatoms. The van der Waals surface area contributed by atoms with Crippen LogP contribution in [0, 0.1) is 6.92 Å². The molecule has 0 aliphatic rings. The summed E-state index contributed by atoms with van der Waals surface area (Å²) < 4.78 is 5.50. The molecule has 0 saturated carbocycles. The van der Waals surface area contributed by atoms with Gasteiger partial charge in [-0.1, -0.05) is 18.2 Å². The third-order valence-electron chi connectivity index (χ3n) is 3.37. The van der Waals surface area contributed by atoms with Crippen LogP contribution in [0.25, 0.3) is 11.1 Å². The summed E-state index contributed by atoms with van der Waals surface area (Å²) in [7, 11) is 0. The number of hydrogen-bond donors (Lipinski definition) is 0. The molecular formula is C17H16N2O2. The highest BCUT2D eigenvalue weighted by Gasteiger charge is 2.17. The molecule has 0 N–H and O–H groups in total. The van der Waals surface area contributed by atoms with Crippen molar-refractivity contribution in [1.29, 1.82) is 0 Å². The highest BCUT2D eigenvalue weighted by atomic mass is 16.3. The lowest BCUT2D eigenvalue weighted by Crippen LogP contribution is -2.30. The number of benzene rings is 2. The molecule has 0 aliphatic heterocycles. The molecule has 3 aromatic rings. The number of nitrogens with zero attached hydrogens (tertiary/aromatic N) is 2. The van der Waals surface area contributed by atoms with E-state index in [0.29, 0.717) is 23.6 Å². The van der Waals surface area contributed by atoms with E-state index in [1.165, 1.54) is 0 Å². The molecular weight excluding hydrogens is 264 g/mol. The Balaban J connectivity index is 1.98. The van der Waals surface area contributed by atoms with Crippen LogP contribution in [0.3, 0.4) is 0 Å². The fraction of sp³-hybridized carbons (Fsp3) is 0.176. The fourth-order valence-corrected chi connectivity index (χ4v) is 2.38. The van der Waals surface area contributed by atoms with E-state index in [0.717, 1.165) is 11.2 Å². The summed E-state index contributed by atoms with van der Waals surface area (Å²) in [5.41, 5.74) is 2.90. The largest absolute Gasteiger partial charge is 0.441 e. The number of carbonyl (C=O) groups excluding carboxylic acids is 1. The number of amides is 1. The van der Waals surface area contributed by atoms with Crippen molar-refractivity contribution >= 4 is 22.7 Å². The average molecular weight is 280 g/mol. The second kappa shape index (κ2) is 5.40. The van der Waals surface area contributed by atoms with Gasteiger partial charge in [0, 0.05) is 24.7 Å². The van der Waals surface area contributed by atoms with Crippen molar-refractivity contribution in [3.63, 3.8) is 0 Å². The van der Waals surface area contributed by atoms with Gasteiger partial charge >= 0.3 is 0 Å². The first-order valence-electron chi connectivity index (χ1n) is 6.93. The van der Waals surface area contributed by atoms with Crippen LogP contribution in [0.4, 0.5) is 5.69 Å². The quantitative estimate of drug-likeness (QED) is 0.733. The van der Waals surface area contributed by atoms with Gasteiger partial charge in [-0.3, -0.25) is 4.79 Å². The van der Waals surface area contributed by atoms with Gasteiger partial charge in [-0.15, -0.1) is 0 Å². The minimum Gasteiger partial charge on any atom is -0.441 e. The van der Waals surface area contributed by atoms with Crippen molar-refractivity contribution in [3.05, 3.63) is 60.0 Å². The maximum atomic E-state index is 12.7. The molecule has 0 atom stereocenters. The van der Waals surface area contributed by atoms with Gasteiger partial charge in [-0.05, 0) is 37.3 Å². The molecule has 0 unspecified atom stereocenters. The van der Waals surface area contributed by atoms with Crippen molar-refractivity contribution in [1.82, 2.24) is 4.98 Å². The summed E-state index contributed by atoms with van der Waals surface area (Å²) in [6, 6.07) is 15.0. The fourth-order valence-electron chi connectivity index (χ4n) is 2.38. The number of carbonyl (C=O) groups is 1. The van der Waals surface area contributed by atoms with Gasteiger partial charge in [0.25, 0.3) is 5.91 Å². The van der Waals surface area contributed by atoms with Crippen LogP contribution in [0.5, 0.6) is 0 Å². The molecule has 0 saturated heterocycles. The zero-order valence-electron chi connectivity index (χ0n) is 12.0. The van der Waals surface area contributed by atoms with Crippen molar-refractivity contribution < 1.29 is 9.21 Å². The van der Waals surface area contributed by atoms with E-state index in [4.69, 9.17) is 4.42 Å². The van der Waals surface area contributed by atoms with Crippen LogP contribution in [-0.2, 0) is 0 Å². The highest BCUT2D eigenvalue weighted by molar-refractivity contribution is 6.07. The van der Waals surface area contributed by atoms with Crippen molar-refractivity contribution in [3.8, 4) is 0 Å². The maximum absolute atomic E-state index is 12.7. The Labute approximate surface area is 123 Å². The summed E-state index contributed by atoms with van der Waals surface area (Å²) in [6.07, 6.45) is 0. The molecule has 0 bridgehead atoms. The van der Waals surface area contributed by atoms with E-state index in [1.807, 2.05) is 43.3 Å². The topological polar surface area (TPSA) is 46.3 Å². The number of aryl methyl sites for hydroxylation is 1. The Hall–Kier alpha value is -2.62. The van der Waals surface area contributed by atoms with E-state index in [9.17, 15) is 4.79 Å². The highest BCUT2D eigenvalue weighted by Crippen LogP contribution is 2.20. The van der Waals surface area contributed by atoms with Crippen LogP contribution in [0.1, 0.15) is 23.2 Å². The minimum atomic E-state index is -0.0420. The SMILES string of the molecule is CCN(C(=O)c1ccc2nc(C)oc2c1)c1ccccc1. The first-order chi connectivity index (χ1) is 10.2. The first-order valence-corrected chi connectivity index (χ1v) is 6.93. The minimum absolute atomic E-state index is 0.0420. The van der Waals surface area contributed by atoms with Crippen molar-refractivity contribution in [2.24, 2.45) is 0 Å². The Bertz CT molecular complexity index is 778. The van der Waals surface area contributed by atoms with E-state index in [1.54, 1.807) is 24.0 Å². The third-order valence-corrected chi connectivity index (χ3v) is 3.37. The predicted octanol–water partition coefficient (Wildman–Crippen LogP) is 3.80. The summed E-state index contributed by atoms with van der Waals surface area (Å²) in [4.78, 5) is 18.7. The van der Waals surface area contributed by atoms with Crippen molar-refractivity contribution in [2.45, 2.75) is 13.8 Å². The van der Waals surface area contributed by atoms with E-state index in [2.05, 4.69) is 4.98 Å². The van der Waals surface area contributed by atoms with Crippen molar-refractivity contribution in [2.75, 3.05) is 11.4 Å². The zero-order valence-corrected chi connectivity index (χ0v) is 12.0. The Kier molecular flexibility index (Phi) is 3.44. The van der Waals surface area contributed by atoms with Gasteiger partial charge in [0.15, 0.2) is 11.5 Å². The van der Waals surface area contributed by atoms with Gasteiger partial charge in [0.05, 0.1) is 0 Å². The summed E-state index contributed by atoms with van der Waals surface area (Å²) in [5.74, 6) is 0.560. The maximum Gasteiger partial charge on any atom is 0.258 e. The number of hydrogen-bond acceptors (Lipinski definition) is 3. The van der Waals surface area contributed by atoms with E-state index < -0.39 is 0 Å². The first kappa shape index (κ1) is 13.4. The van der Waals surface area contributed by atoms with E-state index in [-0.39, 0.29) is 5.91 Å². The van der Waals surface area contributed by atoms with Crippen LogP contribution >= 0.6 is 0 Å². The standard InChI is InChI=1S/C17H16N2O2/c1-3-19(14-7-5-4-6-8-14)17(20)13-9-10-15-16(11-13)21-12(2)18-15/h4-11H,3H2,1-2H3. The summed E-state index contributed by atoms with van der Waals surface area (Å²) >= 11 is 0. The average Bonchev–Trinajstić information content (AvgIpc) is 2.88. The third kappa shape index (κ3) is 2.52. The molecule has 0 radical (unpaired) electrons. The van der Waals surface area contributed by atoms with Gasteiger partial charge in [0.2, 0.25) is 0 Å². The Morgan fingerprint density at radius 1 is 1.19 bits per heavy atom. The second-order valence-corrected chi connectivity index (χ2v) is 4.80. The number of rotatable bonds is 3. The van der Waals surface area contributed by atoms with Gasteiger partial charge in [-0.25, -0.2) is 4.98 Å².